The second kappa shape index (κ2) is 7.73. The zero-order chi connectivity index (χ0) is 26.9. The Bertz CT molecular complexity index is 1330. The number of allylic oxidation sites excluding steroid dienone is 1. The SMILES string of the molecule is CC(C)=CCOC(C)(C)[C@H]1O[C@H]2CC[C@]3(C)[C@@]4(C)c5[nH]c6ccccc6c5C[C@@H]4CC[C@@]3(O)C23OC3C1O. The van der Waals surface area contributed by atoms with Crippen molar-refractivity contribution in [3.8, 4) is 0 Å². The van der Waals surface area contributed by atoms with E-state index in [1.54, 1.807) is 0 Å². The highest BCUT2D eigenvalue weighted by Gasteiger charge is 2.86. The van der Waals surface area contributed by atoms with E-state index in [4.69, 9.17) is 14.2 Å². The minimum Gasteiger partial charge on any atom is -0.387 e. The van der Waals surface area contributed by atoms with Crippen LogP contribution in [0.4, 0.5) is 0 Å². The number of aliphatic hydroxyl groups excluding tert-OH is 1. The van der Waals surface area contributed by atoms with E-state index in [0.717, 1.165) is 25.7 Å². The number of nitrogens with one attached hydrogen (secondary N) is 1. The first-order valence-electron chi connectivity index (χ1n) is 14.5. The van der Waals surface area contributed by atoms with Crippen molar-refractivity contribution in [2.75, 3.05) is 6.61 Å². The van der Waals surface area contributed by atoms with E-state index >= 15 is 0 Å². The fourth-order valence-corrected chi connectivity index (χ4v) is 9.47. The fraction of sp³-hybridized carbons (Fsp3) is 0.688. The van der Waals surface area contributed by atoms with Gasteiger partial charge in [0.1, 0.15) is 23.9 Å². The third kappa shape index (κ3) is 2.81. The van der Waals surface area contributed by atoms with Crippen LogP contribution in [0.1, 0.15) is 78.5 Å². The van der Waals surface area contributed by atoms with Crippen LogP contribution >= 0.6 is 0 Å². The van der Waals surface area contributed by atoms with Gasteiger partial charge >= 0.3 is 0 Å². The number of hydrogen-bond donors (Lipinski definition) is 3. The van der Waals surface area contributed by atoms with Gasteiger partial charge in [-0.05, 0) is 77.3 Å². The maximum Gasteiger partial charge on any atom is 0.152 e. The zero-order valence-corrected chi connectivity index (χ0v) is 23.6. The molecule has 9 atom stereocenters. The van der Waals surface area contributed by atoms with E-state index in [1.807, 2.05) is 33.8 Å². The van der Waals surface area contributed by atoms with Crippen LogP contribution in [0.25, 0.3) is 10.9 Å². The van der Waals surface area contributed by atoms with Crippen LogP contribution in [-0.4, -0.2) is 63.0 Å². The first kappa shape index (κ1) is 25.3. The molecule has 38 heavy (non-hydrogen) atoms. The number of benzene rings is 1. The number of aromatic nitrogens is 1. The number of rotatable bonds is 4. The molecule has 0 bridgehead atoms. The van der Waals surface area contributed by atoms with Gasteiger partial charge in [-0.3, -0.25) is 0 Å². The summed E-state index contributed by atoms with van der Waals surface area (Å²) in [5.74, 6) is 0.466. The summed E-state index contributed by atoms with van der Waals surface area (Å²) >= 11 is 0. The summed E-state index contributed by atoms with van der Waals surface area (Å²) in [6.45, 7) is 13.2. The molecule has 2 aliphatic heterocycles. The number of aliphatic hydroxyl groups is 2. The van der Waals surface area contributed by atoms with E-state index in [1.165, 1.54) is 27.7 Å². The largest absolute Gasteiger partial charge is 0.387 e. The third-order valence-electron chi connectivity index (χ3n) is 11.8. The van der Waals surface area contributed by atoms with Crippen molar-refractivity contribution in [2.45, 2.75) is 120 Å². The number of aromatic amines is 1. The van der Waals surface area contributed by atoms with Gasteiger partial charge in [0.25, 0.3) is 0 Å². The van der Waals surface area contributed by atoms with Crippen LogP contribution < -0.4 is 0 Å². The summed E-state index contributed by atoms with van der Waals surface area (Å²) < 4.78 is 19.4. The quantitative estimate of drug-likeness (QED) is 0.392. The molecule has 2 saturated heterocycles. The molecule has 3 unspecified atom stereocenters. The van der Waals surface area contributed by atoms with Crippen LogP contribution in [0.2, 0.25) is 0 Å². The second-order valence-electron chi connectivity index (χ2n) is 14.0. The standard InChI is InChI=1S/C32H43NO5/c1-18(2)13-16-36-28(3,4)26-24(34)27-32(38-27)23(37-26)12-14-29(5)30(6)19(11-15-31(29,32)35)17-21-20-9-7-8-10-22(20)33-25(21)30/h7-10,13,19,23-24,26-27,33-35H,11-12,14-17H2,1-6H3/t19-,23-,24?,26-,27?,29+,30+,31-,32?/m0/s1. The molecule has 3 N–H and O–H groups in total. The summed E-state index contributed by atoms with van der Waals surface area (Å²) in [6.07, 6.45) is 4.21. The molecule has 0 amide bonds. The highest BCUT2D eigenvalue weighted by Crippen LogP contribution is 2.75. The van der Waals surface area contributed by atoms with Gasteiger partial charge in [-0.25, -0.2) is 0 Å². The molecule has 1 aromatic heterocycles. The summed E-state index contributed by atoms with van der Waals surface area (Å²) in [7, 11) is 0. The molecule has 3 aliphatic carbocycles. The normalized spacial score (nSPS) is 45.0. The van der Waals surface area contributed by atoms with Gasteiger partial charge in [-0.15, -0.1) is 0 Å². The van der Waals surface area contributed by atoms with Gasteiger partial charge in [0.2, 0.25) is 0 Å². The van der Waals surface area contributed by atoms with Gasteiger partial charge in [-0.2, -0.15) is 0 Å². The molecule has 0 radical (unpaired) electrons. The van der Waals surface area contributed by atoms with E-state index in [9.17, 15) is 10.2 Å². The number of fused-ring (bicyclic) bond motifs is 7. The Labute approximate surface area is 225 Å². The van der Waals surface area contributed by atoms with Crippen molar-refractivity contribution in [3.63, 3.8) is 0 Å². The Balaban J connectivity index is 1.25. The van der Waals surface area contributed by atoms with Crippen LogP contribution in [0.3, 0.4) is 0 Å². The van der Waals surface area contributed by atoms with E-state index in [0.29, 0.717) is 18.9 Å². The lowest BCUT2D eigenvalue weighted by atomic mass is 9.40. The van der Waals surface area contributed by atoms with Crippen LogP contribution in [0.15, 0.2) is 35.9 Å². The third-order valence-corrected chi connectivity index (χ3v) is 11.8. The molecule has 1 spiro atoms. The Morgan fingerprint density at radius 2 is 1.95 bits per heavy atom. The first-order valence-corrected chi connectivity index (χ1v) is 14.5. The van der Waals surface area contributed by atoms with Crippen molar-refractivity contribution in [3.05, 3.63) is 47.2 Å². The summed E-state index contributed by atoms with van der Waals surface area (Å²) in [4.78, 5) is 3.80. The smallest absolute Gasteiger partial charge is 0.152 e. The molecule has 2 aromatic rings. The molecule has 5 aliphatic rings. The molecule has 4 fully saturated rings. The number of para-hydroxylation sites is 1. The monoisotopic (exact) mass is 521 g/mol. The highest BCUT2D eigenvalue weighted by molar-refractivity contribution is 5.86. The molecule has 6 heteroatoms. The maximum atomic E-state index is 12.9. The number of epoxide rings is 1. The minimum absolute atomic E-state index is 0.223. The lowest BCUT2D eigenvalue weighted by Crippen LogP contribution is -2.76. The first-order chi connectivity index (χ1) is 17.9. The van der Waals surface area contributed by atoms with Gasteiger partial charge in [0.05, 0.1) is 18.3 Å². The molecule has 1 aromatic carbocycles. The molecule has 2 saturated carbocycles. The van der Waals surface area contributed by atoms with Gasteiger partial charge in [0.15, 0.2) is 5.60 Å². The van der Waals surface area contributed by atoms with Crippen LogP contribution in [0.5, 0.6) is 0 Å². The Hall–Kier alpha value is -1.70. The highest BCUT2D eigenvalue weighted by atomic mass is 16.7. The molecular weight excluding hydrogens is 478 g/mol. The number of H-pyrrole nitrogens is 1. The van der Waals surface area contributed by atoms with Gasteiger partial charge < -0.3 is 29.4 Å². The zero-order valence-electron chi connectivity index (χ0n) is 23.6. The van der Waals surface area contributed by atoms with E-state index in [-0.39, 0.29) is 11.5 Å². The van der Waals surface area contributed by atoms with Crippen molar-refractivity contribution in [1.29, 1.82) is 0 Å². The Kier molecular flexibility index (Phi) is 5.14. The Morgan fingerprint density at radius 1 is 1.18 bits per heavy atom. The Morgan fingerprint density at radius 3 is 2.71 bits per heavy atom. The topological polar surface area (TPSA) is 87.2 Å². The van der Waals surface area contributed by atoms with Crippen LogP contribution in [0, 0.1) is 11.3 Å². The maximum absolute atomic E-state index is 12.9. The summed E-state index contributed by atoms with van der Waals surface area (Å²) in [5.41, 5.74) is 1.76. The van der Waals surface area contributed by atoms with Gasteiger partial charge in [-0.1, -0.05) is 43.7 Å². The molecular formula is C32H43NO5. The van der Waals surface area contributed by atoms with E-state index in [2.05, 4.69) is 43.1 Å². The molecule has 206 valence electrons. The average Bonchev–Trinajstić information content (AvgIpc) is 3.44. The molecule has 7 rings (SSSR count). The van der Waals surface area contributed by atoms with Crippen molar-refractivity contribution < 1.29 is 24.4 Å². The lowest BCUT2D eigenvalue weighted by molar-refractivity contribution is -0.283. The minimum atomic E-state index is -1.10. The second-order valence-corrected chi connectivity index (χ2v) is 14.0. The number of ether oxygens (including phenoxy) is 3. The van der Waals surface area contributed by atoms with Crippen LogP contribution in [-0.2, 0) is 26.0 Å². The average molecular weight is 522 g/mol. The number of hydrogen-bond acceptors (Lipinski definition) is 5. The predicted molar refractivity (Wildman–Crippen MR) is 146 cm³/mol. The predicted octanol–water partition coefficient (Wildman–Crippen LogP) is 4.95. The molecule has 3 heterocycles. The summed E-state index contributed by atoms with van der Waals surface area (Å²) in [6, 6.07) is 8.59. The van der Waals surface area contributed by atoms with Crippen molar-refractivity contribution in [2.24, 2.45) is 11.3 Å². The van der Waals surface area contributed by atoms with Gasteiger partial charge in [0, 0.05) is 27.4 Å². The van der Waals surface area contributed by atoms with E-state index < -0.39 is 40.5 Å². The fourth-order valence-electron chi connectivity index (χ4n) is 9.47. The van der Waals surface area contributed by atoms with Crippen molar-refractivity contribution >= 4 is 10.9 Å². The summed E-state index contributed by atoms with van der Waals surface area (Å²) in [5, 5.41) is 25.8. The molecule has 6 nitrogen and oxygen atoms in total. The van der Waals surface area contributed by atoms with Crippen molar-refractivity contribution in [1.82, 2.24) is 4.98 Å². The lowest BCUT2D eigenvalue weighted by Gasteiger charge is -2.66.